The Morgan fingerprint density at radius 1 is 1.38 bits per heavy atom. The van der Waals surface area contributed by atoms with Gasteiger partial charge in [-0.3, -0.25) is 4.79 Å². The second-order valence-corrected chi connectivity index (χ2v) is 5.53. The average Bonchev–Trinajstić information content (AvgIpc) is 3.09. The van der Waals surface area contributed by atoms with Crippen molar-refractivity contribution in [2.75, 3.05) is 33.0 Å². The second-order valence-electron chi connectivity index (χ2n) is 5.53. The first-order valence-corrected chi connectivity index (χ1v) is 8.07. The summed E-state index contributed by atoms with van der Waals surface area (Å²) in [6, 6.07) is 6.43. The SMILES string of the molecule is O=C(O)COc1cccc(C(=O)NCCCOCC2CCCO2)c1. The maximum atomic E-state index is 12.0. The van der Waals surface area contributed by atoms with Gasteiger partial charge in [-0.1, -0.05) is 6.07 Å². The van der Waals surface area contributed by atoms with Crippen LogP contribution >= 0.6 is 0 Å². The van der Waals surface area contributed by atoms with Gasteiger partial charge < -0.3 is 24.6 Å². The van der Waals surface area contributed by atoms with Crippen LogP contribution in [-0.2, 0) is 14.3 Å². The van der Waals surface area contributed by atoms with Crippen molar-refractivity contribution < 1.29 is 28.9 Å². The van der Waals surface area contributed by atoms with Crippen LogP contribution in [0.2, 0.25) is 0 Å². The molecule has 1 atom stereocenters. The predicted molar refractivity (Wildman–Crippen MR) is 86.3 cm³/mol. The van der Waals surface area contributed by atoms with E-state index in [9.17, 15) is 9.59 Å². The summed E-state index contributed by atoms with van der Waals surface area (Å²) < 4.78 is 16.0. The number of benzene rings is 1. The number of amides is 1. The standard InChI is InChI=1S/C17H23NO6/c19-16(20)12-24-14-5-1-4-13(10-14)17(21)18-7-3-8-22-11-15-6-2-9-23-15/h1,4-5,10,15H,2-3,6-9,11-12H2,(H,18,21)(H,19,20). The fourth-order valence-corrected chi connectivity index (χ4v) is 2.34. The summed E-state index contributed by atoms with van der Waals surface area (Å²) in [5.41, 5.74) is 0.429. The molecule has 1 aliphatic heterocycles. The monoisotopic (exact) mass is 337 g/mol. The van der Waals surface area contributed by atoms with E-state index in [0.717, 1.165) is 19.4 Å². The van der Waals surface area contributed by atoms with Crippen LogP contribution in [0.4, 0.5) is 0 Å². The van der Waals surface area contributed by atoms with Crippen molar-refractivity contribution in [1.29, 1.82) is 0 Å². The molecule has 1 aromatic rings. The number of rotatable bonds is 10. The van der Waals surface area contributed by atoms with Gasteiger partial charge in [0, 0.05) is 25.3 Å². The molecule has 2 rings (SSSR count). The molecule has 7 heteroatoms. The van der Waals surface area contributed by atoms with Gasteiger partial charge >= 0.3 is 5.97 Å². The van der Waals surface area contributed by atoms with E-state index >= 15 is 0 Å². The first kappa shape index (κ1) is 18.2. The molecule has 7 nitrogen and oxygen atoms in total. The highest BCUT2D eigenvalue weighted by atomic mass is 16.5. The summed E-state index contributed by atoms with van der Waals surface area (Å²) in [7, 11) is 0. The zero-order chi connectivity index (χ0) is 17.2. The van der Waals surface area contributed by atoms with Gasteiger partial charge in [-0.25, -0.2) is 4.79 Å². The van der Waals surface area contributed by atoms with Crippen LogP contribution in [0.3, 0.4) is 0 Å². The first-order valence-electron chi connectivity index (χ1n) is 8.07. The average molecular weight is 337 g/mol. The highest BCUT2D eigenvalue weighted by molar-refractivity contribution is 5.94. The summed E-state index contributed by atoms with van der Waals surface area (Å²) >= 11 is 0. The van der Waals surface area contributed by atoms with E-state index in [2.05, 4.69) is 5.32 Å². The molecule has 1 heterocycles. The van der Waals surface area contributed by atoms with Crippen LogP contribution in [0.15, 0.2) is 24.3 Å². The van der Waals surface area contributed by atoms with E-state index < -0.39 is 12.6 Å². The molecule has 0 aromatic heterocycles. The number of aliphatic carboxylic acids is 1. The zero-order valence-electron chi connectivity index (χ0n) is 13.5. The van der Waals surface area contributed by atoms with Crippen molar-refractivity contribution in [1.82, 2.24) is 5.32 Å². The third-order valence-corrected chi connectivity index (χ3v) is 3.54. The number of carbonyl (C=O) groups is 2. The maximum Gasteiger partial charge on any atom is 0.341 e. The third kappa shape index (κ3) is 6.55. The molecule has 24 heavy (non-hydrogen) atoms. The Hall–Kier alpha value is -2.12. The molecule has 0 radical (unpaired) electrons. The summed E-state index contributed by atoms with van der Waals surface area (Å²) in [4.78, 5) is 22.5. The number of carbonyl (C=O) groups excluding carboxylic acids is 1. The normalized spacial score (nSPS) is 16.8. The van der Waals surface area contributed by atoms with Gasteiger partial charge in [0.2, 0.25) is 0 Å². The highest BCUT2D eigenvalue weighted by Crippen LogP contribution is 2.13. The number of nitrogens with one attached hydrogen (secondary N) is 1. The maximum absolute atomic E-state index is 12.0. The molecule has 1 amide bonds. The smallest absolute Gasteiger partial charge is 0.341 e. The number of hydrogen-bond donors (Lipinski definition) is 2. The Morgan fingerprint density at radius 2 is 2.25 bits per heavy atom. The van der Waals surface area contributed by atoms with E-state index in [1.165, 1.54) is 6.07 Å². The van der Waals surface area contributed by atoms with Crippen molar-refractivity contribution in [3.63, 3.8) is 0 Å². The van der Waals surface area contributed by atoms with E-state index in [1.54, 1.807) is 18.2 Å². The van der Waals surface area contributed by atoms with Crippen LogP contribution in [0, 0.1) is 0 Å². The Bertz CT molecular complexity index is 542. The van der Waals surface area contributed by atoms with E-state index in [0.29, 0.717) is 37.5 Å². The molecule has 0 spiro atoms. The molecule has 2 N–H and O–H groups in total. The van der Waals surface area contributed by atoms with Crippen LogP contribution in [-0.4, -0.2) is 56.1 Å². The summed E-state index contributed by atoms with van der Waals surface area (Å²) in [5.74, 6) is -0.937. The molecular formula is C17H23NO6. The molecule has 1 saturated heterocycles. The molecule has 0 bridgehead atoms. The molecule has 1 aliphatic rings. The lowest BCUT2D eigenvalue weighted by Gasteiger charge is -2.10. The van der Waals surface area contributed by atoms with Gasteiger partial charge in [-0.05, 0) is 37.5 Å². The highest BCUT2D eigenvalue weighted by Gasteiger charge is 2.15. The van der Waals surface area contributed by atoms with Gasteiger partial charge in [0.15, 0.2) is 6.61 Å². The largest absolute Gasteiger partial charge is 0.482 e. The molecule has 132 valence electrons. The molecule has 1 fully saturated rings. The van der Waals surface area contributed by atoms with Crippen molar-refractivity contribution in [3.05, 3.63) is 29.8 Å². The quantitative estimate of drug-likeness (QED) is 0.628. The lowest BCUT2D eigenvalue weighted by Crippen LogP contribution is -2.25. The minimum atomic E-state index is -1.06. The number of ether oxygens (including phenoxy) is 3. The summed E-state index contributed by atoms with van der Waals surface area (Å²) in [5, 5.41) is 11.4. The molecule has 1 aromatic carbocycles. The van der Waals surface area contributed by atoms with Crippen molar-refractivity contribution in [2.24, 2.45) is 0 Å². The number of hydrogen-bond acceptors (Lipinski definition) is 5. The van der Waals surface area contributed by atoms with Crippen LogP contribution in [0.5, 0.6) is 5.75 Å². The van der Waals surface area contributed by atoms with Crippen LogP contribution in [0.1, 0.15) is 29.6 Å². The van der Waals surface area contributed by atoms with E-state index in [4.69, 9.17) is 19.3 Å². The first-order chi connectivity index (χ1) is 11.6. The Balaban J connectivity index is 1.62. The lowest BCUT2D eigenvalue weighted by atomic mass is 10.2. The fourth-order valence-electron chi connectivity index (χ4n) is 2.34. The molecule has 1 unspecified atom stereocenters. The Kier molecular flexibility index (Phi) is 7.51. The van der Waals surface area contributed by atoms with Gasteiger partial charge in [0.25, 0.3) is 5.91 Å². The minimum absolute atomic E-state index is 0.216. The van der Waals surface area contributed by atoms with Gasteiger partial charge in [-0.2, -0.15) is 0 Å². The fraction of sp³-hybridized carbons (Fsp3) is 0.529. The zero-order valence-corrected chi connectivity index (χ0v) is 13.5. The number of carboxylic acid groups (broad SMARTS) is 1. The van der Waals surface area contributed by atoms with Crippen molar-refractivity contribution >= 4 is 11.9 Å². The van der Waals surface area contributed by atoms with Crippen LogP contribution < -0.4 is 10.1 Å². The molecule has 0 saturated carbocycles. The third-order valence-electron chi connectivity index (χ3n) is 3.54. The molecule has 0 aliphatic carbocycles. The van der Waals surface area contributed by atoms with Gasteiger partial charge in [-0.15, -0.1) is 0 Å². The van der Waals surface area contributed by atoms with Crippen molar-refractivity contribution in [3.8, 4) is 5.75 Å². The van der Waals surface area contributed by atoms with Crippen molar-refractivity contribution in [2.45, 2.75) is 25.4 Å². The van der Waals surface area contributed by atoms with Crippen LogP contribution in [0.25, 0.3) is 0 Å². The topological polar surface area (TPSA) is 94.1 Å². The van der Waals surface area contributed by atoms with Gasteiger partial charge in [0.05, 0.1) is 12.7 Å². The second kappa shape index (κ2) is 9.89. The summed E-state index contributed by atoms with van der Waals surface area (Å²) in [6.07, 6.45) is 3.08. The molecular weight excluding hydrogens is 314 g/mol. The Morgan fingerprint density at radius 3 is 3.00 bits per heavy atom. The Labute approximate surface area is 140 Å². The lowest BCUT2D eigenvalue weighted by molar-refractivity contribution is -0.139. The predicted octanol–water partition coefficient (Wildman–Crippen LogP) is 1.47. The van der Waals surface area contributed by atoms with E-state index in [1.807, 2.05) is 0 Å². The summed E-state index contributed by atoms with van der Waals surface area (Å²) in [6.45, 7) is 2.07. The van der Waals surface area contributed by atoms with Gasteiger partial charge in [0.1, 0.15) is 5.75 Å². The minimum Gasteiger partial charge on any atom is -0.482 e. The van der Waals surface area contributed by atoms with E-state index in [-0.39, 0.29) is 12.0 Å². The number of carboxylic acids is 1.